The summed E-state index contributed by atoms with van der Waals surface area (Å²) in [5, 5.41) is 5.05. The van der Waals surface area contributed by atoms with E-state index in [0.29, 0.717) is 6.54 Å². The first-order valence-electron chi connectivity index (χ1n) is 9.97. The fourth-order valence-corrected chi connectivity index (χ4v) is 4.64. The van der Waals surface area contributed by atoms with Crippen LogP contribution in [-0.2, 0) is 11.3 Å². The van der Waals surface area contributed by atoms with Gasteiger partial charge in [0.1, 0.15) is 10.8 Å². The maximum absolute atomic E-state index is 12.8. The molecule has 0 N–H and O–H groups in total. The highest BCUT2D eigenvalue weighted by molar-refractivity contribution is 7.18. The smallest absolute Gasteiger partial charge is 0.237 e. The van der Waals surface area contributed by atoms with Gasteiger partial charge in [-0.3, -0.25) is 14.6 Å². The maximum atomic E-state index is 12.8. The van der Waals surface area contributed by atoms with Crippen LogP contribution in [0.1, 0.15) is 29.4 Å². The number of benzene rings is 1. The molecule has 3 heterocycles. The number of thiazole rings is 1. The average molecular weight is 414 g/mol. The number of carbonyl (C=O) groups excluding carboxylic acids is 1. The first-order chi connectivity index (χ1) is 14.0. The van der Waals surface area contributed by atoms with Crippen molar-refractivity contribution in [2.75, 3.05) is 39.8 Å². The third kappa shape index (κ3) is 4.66. The lowest BCUT2D eigenvalue weighted by molar-refractivity contribution is -0.133. The molecule has 1 fully saturated rings. The number of aryl methyl sites for hydroxylation is 1. The molecular weight excluding hydrogens is 386 g/mol. The molecule has 2 aromatic heterocycles. The molecule has 0 unspecified atom stereocenters. The minimum Gasteiger partial charge on any atom is -0.361 e. The summed E-state index contributed by atoms with van der Waals surface area (Å²) in [5.41, 5.74) is 1.97. The zero-order valence-electron chi connectivity index (χ0n) is 17.2. The standard InChI is InChI=1S/C21H27N5O2S/c1-15-12-17(23-28-15)13-25-8-10-26(11-9-25)14-20(27)24(3)16(2)21-22-18-6-4-5-7-19(18)29-21/h4-7,12,16H,8-11,13-14H2,1-3H3/t16-/m1/s1. The summed E-state index contributed by atoms with van der Waals surface area (Å²) in [5.74, 6) is 0.979. The molecule has 0 saturated carbocycles. The third-order valence-corrected chi connectivity index (χ3v) is 6.73. The molecule has 0 aliphatic carbocycles. The van der Waals surface area contributed by atoms with Crippen molar-refractivity contribution in [1.29, 1.82) is 0 Å². The molecule has 1 aromatic carbocycles. The van der Waals surface area contributed by atoms with Gasteiger partial charge in [0.25, 0.3) is 0 Å². The van der Waals surface area contributed by atoms with E-state index in [1.807, 2.05) is 50.1 Å². The second-order valence-corrected chi connectivity index (χ2v) is 8.74. The Bertz CT molecular complexity index is 943. The number of hydrogen-bond donors (Lipinski definition) is 0. The van der Waals surface area contributed by atoms with Gasteiger partial charge in [-0.2, -0.15) is 0 Å². The number of fused-ring (bicyclic) bond motifs is 1. The van der Waals surface area contributed by atoms with E-state index in [-0.39, 0.29) is 11.9 Å². The Labute approximate surface area is 174 Å². The van der Waals surface area contributed by atoms with Crippen molar-refractivity contribution >= 4 is 27.5 Å². The van der Waals surface area contributed by atoms with Gasteiger partial charge >= 0.3 is 0 Å². The minimum atomic E-state index is -0.0309. The number of piperazine rings is 1. The second-order valence-electron chi connectivity index (χ2n) is 7.68. The van der Waals surface area contributed by atoms with Crippen molar-refractivity contribution in [3.63, 3.8) is 0 Å². The van der Waals surface area contributed by atoms with Crippen LogP contribution in [0.3, 0.4) is 0 Å². The lowest BCUT2D eigenvalue weighted by atomic mass is 10.2. The highest BCUT2D eigenvalue weighted by atomic mass is 32.1. The van der Waals surface area contributed by atoms with Crippen LogP contribution in [-0.4, -0.2) is 70.5 Å². The molecule has 7 nitrogen and oxygen atoms in total. The maximum Gasteiger partial charge on any atom is 0.237 e. The Morgan fingerprint density at radius 2 is 1.97 bits per heavy atom. The van der Waals surface area contributed by atoms with E-state index in [1.54, 1.807) is 11.3 Å². The van der Waals surface area contributed by atoms with Gasteiger partial charge in [0.05, 0.1) is 28.5 Å². The summed E-state index contributed by atoms with van der Waals surface area (Å²) in [7, 11) is 1.88. The number of likely N-dealkylation sites (N-methyl/N-ethyl adjacent to an activating group) is 1. The normalized spacial score (nSPS) is 16.9. The van der Waals surface area contributed by atoms with Crippen LogP contribution in [0.15, 0.2) is 34.9 Å². The number of rotatable bonds is 6. The first kappa shape index (κ1) is 20.0. The molecule has 8 heteroatoms. The molecule has 154 valence electrons. The molecule has 1 amide bonds. The molecule has 29 heavy (non-hydrogen) atoms. The first-order valence-corrected chi connectivity index (χ1v) is 10.8. The van der Waals surface area contributed by atoms with Crippen LogP contribution in [0.2, 0.25) is 0 Å². The molecule has 1 aliphatic heterocycles. The molecule has 4 rings (SSSR count). The molecule has 3 aromatic rings. The molecule has 1 atom stereocenters. The van der Waals surface area contributed by atoms with Crippen molar-refractivity contribution in [3.05, 3.63) is 46.8 Å². The SMILES string of the molecule is Cc1cc(CN2CCN(CC(=O)N(C)[C@H](C)c3nc4ccccc4s3)CC2)no1. The van der Waals surface area contributed by atoms with Crippen molar-refractivity contribution in [3.8, 4) is 0 Å². The van der Waals surface area contributed by atoms with E-state index >= 15 is 0 Å². The van der Waals surface area contributed by atoms with Gasteiger partial charge in [0.2, 0.25) is 5.91 Å². The van der Waals surface area contributed by atoms with Gasteiger partial charge in [-0.1, -0.05) is 17.3 Å². The van der Waals surface area contributed by atoms with Crippen LogP contribution < -0.4 is 0 Å². The van der Waals surface area contributed by atoms with Gasteiger partial charge in [0.15, 0.2) is 0 Å². The summed E-state index contributed by atoms with van der Waals surface area (Å²) in [4.78, 5) is 24.0. The Kier molecular flexibility index (Phi) is 5.94. The summed E-state index contributed by atoms with van der Waals surface area (Å²) in [6.45, 7) is 8.82. The monoisotopic (exact) mass is 413 g/mol. The van der Waals surface area contributed by atoms with Gasteiger partial charge < -0.3 is 9.42 Å². The zero-order chi connectivity index (χ0) is 20.4. The lowest BCUT2D eigenvalue weighted by Crippen LogP contribution is -2.49. The molecule has 0 radical (unpaired) electrons. The number of para-hydroxylation sites is 1. The molecule has 1 saturated heterocycles. The highest BCUT2D eigenvalue weighted by Gasteiger charge is 2.25. The van der Waals surface area contributed by atoms with Crippen LogP contribution in [0.25, 0.3) is 10.2 Å². The fourth-order valence-electron chi connectivity index (χ4n) is 3.58. The summed E-state index contributed by atoms with van der Waals surface area (Å²) >= 11 is 1.66. The average Bonchev–Trinajstić information content (AvgIpc) is 3.34. The van der Waals surface area contributed by atoms with E-state index in [9.17, 15) is 4.79 Å². The third-order valence-electron chi connectivity index (χ3n) is 5.53. The topological polar surface area (TPSA) is 65.7 Å². The van der Waals surface area contributed by atoms with Crippen molar-refractivity contribution in [2.45, 2.75) is 26.4 Å². The number of carbonyl (C=O) groups is 1. The number of nitrogens with zero attached hydrogens (tertiary/aromatic N) is 5. The Balaban J connectivity index is 1.28. The number of aromatic nitrogens is 2. The van der Waals surface area contributed by atoms with Crippen molar-refractivity contribution in [2.24, 2.45) is 0 Å². The van der Waals surface area contributed by atoms with Gasteiger partial charge in [-0.05, 0) is 26.0 Å². The summed E-state index contributed by atoms with van der Waals surface area (Å²) < 4.78 is 6.30. The van der Waals surface area contributed by atoms with E-state index < -0.39 is 0 Å². The number of amides is 1. The van der Waals surface area contributed by atoms with Gasteiger partial charge in [-0.25, -0.2) is 4.98 Å². The predicted molar refractivity (Wildman–Crippen MR) is 114 cm³/mol. The van der Waals surface area contributed by atoms with Crippen LogP contribution in [0.4, 0.5) is 0 Å². The van der Waals surface area contributed by atoms with E-state index in [2.05, 4.69) is 21.0 Å². The van der Waals surface area contributed by atoms with Crippen molar-refractivity contribution in [1.82, 2.24) is 24.8 Å². The van der Waals surface area contributed by atoms with Crippen molar-refractivity contribution < 1.29 is 9.32 Å². The Morgan fingerprint density at radius 3 is 2.66 bits per heavy atom. The van der Waals surface area contributed by atoms with Crippen LogP contribution >= 0.6 is 11.3 Å². The Morgan fingerprint density at radius 1 is 1.24 bits per heavy atom. The number of hydrogen-bond acceptors (Lipinski definition) is 7. The quantitative estimate of drug-likeness (QED) is 0.619. The largest absolute Gasteiger partial charge is 0.361 e. The molecule has 1 aliphatic rings. The fraction of sp³-hybridized carbons (Fsp3) is 0.476. The lowest BCUT2D eigenvalue weighted by Gasteiger charge is -2.35. The van der Waals surface area contributed by atoms with Gasteiger partial charge in [-0.15, -0.1) is 11.3 Å². The molecule has 0 spiro atoms. The Hall–Kier alpha value is -2.29. The second kappa shape index (κ2) is 8.61. The van der Waals surface area contributed by atoms with Crippen LogP contribution in [0, 0.1) is 6.92 Å². The highest BCUT2D eigenvalue weighted by Crippen LogP contribution is 2.28. The molecular formula is C21H27N5O2S. The van der Waals surface area contributed by atoms with E-state index in [0.717, 1.165) is 59.4 Å². The minimum absolute atomic E-state index is 0.0309. The predicted octanol–water partition coefficient (Wildman–Crippen LogP) is 2.93. The van der Waals surface area contributed by atoms with Gasteiger partial charge in [0, 0.05) is 45.8 Å². The molecule has 0 bridgehead atoms. The summed E-state index contributed by atoms with van der Waals surface area (Å²) in [6, 6.07) is 10.1. The summed E-state index contributed by atoms with van der Waals surface area (Å²) in [6.07, 6.45) is 0. The van der Waals surface area contributed by atoms with E-state index in [1.165, 1.54) is 0 Å². The van der Waals surface area contributed by atoms with E-state index in [4.69, 9.17) is 9.51 Å². The zero-order valence-corrected chi connectivity index (χ0v) is 18.0. The van der Waals surface area contributed by atoms with Crippen LogP contribution in [0.5, 0.6) is 0 Å².